The van der Waals surface area contributed by atoms with Crippen LogP contribution in [0.25, 0.3) is 27.5 Å². The van der Waals surface area contributed by atoms with E-state index in [0.717, 1.165) is 51.2 Å². The molecule has 3 aliphatic rings. The van der Waals surface area contributed by atoms with Gasteiger partial charge in [-0.3, -0.25) is 0 Å². The van der Waals surface area contributed by atoms with Gasteiger partial charge in [-0.25, -0.2) is 0 Å². The number of aromatic nitrogens is 1. The third kappa shape index (κ3) is 3.99. The number of fused-ring (bicyclic) bond motifs is 3. The van der Waals surface area contributed by atoms with Crippen molar-refractivity contribution in [2.24, 2.45) is 0 Å². The predicted octanol–water partition coefficient (Wildman–Crippen LogP) is 9.89. The van der Waals surface area contributed by atoms with E-state index in [1.54, 1.807) is 0 Å². The van der Waals surface area contributed by atoms with Crippen molar-refractivity contribution in [1.29, 1.82) is 0 Å². The zero-order valence-electron chi connectivity index (χ0n) is 28.8. The van der Waals surface area contributed by atoms with E-state index in [9.17, 15) is 0 Å². The molecule has 0 atom stereocenters. The molecule has 49 heavy (non-hydrogen) atoms. The quantitative estimate of drug-likeness (QED) is 0.177. The van der Waals surface area contributed by atoms with Gasteiger partial charge in [-0.15, -0.1) is 0 Å². The third-order valence-electron chi connectivity index (χ3n) is 10.7. The lowest BCUT2D eigenvalue weighted by molar-refractivity contribution is 0.464. The monoisotopic (exact) mass is 636 g/mol. The number of hydrogen-bond acceptors (Lipinski definition) is 3. The van der Waals surface area contributed by atoms with Gasteiger partial charge >= 0.3 is 0 Å². The molecule has 4 nitrogen and oxygen atoms in total. The zero-order chi connectivity index (χ0) is 33.4. The van der Waals surface area contributed by atoms with Gasteiger partial charge in [0.2, 0.25) is 0 Å². The van der Waals surface area contributed by atoms with Crippen LogP contribution in [0.5, 0.6) is 23.0 Å². The molecule has 0 radical (unpaired) electrons. The first-order chi connectivity index (χ1) is 23.6. The summed E-state index contributed by atoms with van der Waals surface area (Å²) >= 11 is 0. The van der Waals surface area contributed by atoms with Crippen LogP contribution in [0, 0.1) is 0 Å². The standard InChI is InChI=1S/C44H37BN2O2/c1-43(2,3)26-18-20-32-30(22-26)31-23-27(44(4,5)6)19-21-33(31)47(32)29-24-38-42-39(25-29)49-37-17-11-15-35-41(37)45(42)40-34(14-10-16-36(40)48-38)46(35)28-12-8-7-9-13-28/h7-25H,1-6H3. The van der Waals surface area contributed by atoms with E-state index in [4.69, 9.17) is 9.47 Å². The summed E-state index contributed by atoms with van der Waals surface area (Å²) in [5, 5.41) is 2.53. The maximum atomic E-state index is 6.90. The van der Waals surface area contributed by atoms with Crippen LogP contribution in [0.2, 0.25) is 0 Å². The summed E-state index contributed by atoms with van der Waals surface area (Å²) < 4.78 is 16.2. The van der Waals surface area contributed by atoms with Gasteiger partial charge in [-0.05, 0) is 93.5 Å². The summed E-state index contributed by atoms with van der Waals surface area (Å²) in [6.45, 7) is 13.7. The van der Waals surface area contributed by atoms with Gasteiger partial charge in [0.15, 0.2) is 0 Å². The van der Waals surface area contributed by atoms with Crippen molar-refractivity contribution in [2.45, 2.75) is 52.4 Å². The highest BCUT2D eigenvalue weighted by Gasteiger charge is 2.47. The molecule has 0 amide bonds. The lowest BCUT2D eigenvalue weighted by Crippen LogP contribution is -2.61. The Bertz CT molecular complexity index is 2380. The first-order valence-corrected chi connectivity index (χ1v) is 17.3. The van der Waals surface area contributed by atoms with Gasteiger partial charge in [0.05, 0.1) is 16.7 Å². The number of para-hydroxylation sites is 1. The fourth-order valence-electron chi connectivity index (χ4n) is 8.27. The molecule has 0 aliphatic carbocycles. The van der Waals surface area contributed by atoms with Crippen LogP contribution >= 0.6 is 0 Å². The third-order valence-corrected chi connectivity index (χ3v) is 10.7. The molecule has 0 unspecified atom stereocenters. The Labute approximate surface area is 287 Å². The highest BCUT2D eigenvalue weighted by Crippen LogP contribution is 2.46. The van der Waals surface area contributed by atoms with Crippen molar-refractivity contribution < 1.29 is 9.47 Å². The molecule has 238 valence electrons. The van der Waals surface area contributed by atoms with Gasteiger partial charge in [0.25, 0.3) is 6.71 Å². The summed E-state index contributed by atoms with van der Waals surface area (Å²) in [6.07, 6.45) is 0. The Balaban J connectivity index is 1.22. The SMILES string of the molecule is CC(C)(C)c1ccc2c(c1)c1cc(C(C)(C)C)ccc1n2-c1cc2c3c(c1)Oc1cccc4c1B3c1c(cccc1N4c1ccccc1)O2. The van der Waals surface area contributed by atoms with Crippen molar-refractivity contribution >= 4 is 62.0 Å². The number of ether oxygens (including phenoxy) is 2. The predicted molar refractivity (Wildman–Crippen MR) is 204 cm³/mol. The molecule has 7 aromatic rings. The number of rotatable bonds is 2. The van der Waals surface area contributed by atoms with Crippen molar-refractivity contribution in [1.82, 2.24) is 4.57 Å². The molecular formula is C44H37BN2O2. The number of nitrogens with zero attached hydrogens (tertiary/aromatic N) is 2. The summed E-state index contributed by atoms with van der Waals surface area (Å²) in [5.41, 5.74) is 13.0. The Morgan fingerprint density at radius 1 is 0.469 bits per heavy atom. The fourth-order valence-corrected chi connectivity index (χ4v) is 8.27. The van der Waals surface area contributed by atoms with Crippen LogP contribution in [0.1, 0.15) is 52.7 Å². The van der Waals surface area contributed by atoms with E-state index in [2.05, 4.69) is 166 Å². The van der Waals surface area contributed by atoms with E-state index in [-0.39, 0.29) is 17.5 Å². The van der Waals surface area contributed by atoms with Gasteiger partial charge in [0.1, 0.15) is 23.0 Å². The summed E-state index contributed by atoms with van der Waals surface area (Å²) in [6, 6.07) is 41.9. The minimum absolute atomic E-state index is 0.0146. The van der Waals surface area contributed by atoms with Crippen molar-refractivity contribution in [2.75, 3.05) is 4.90 Å². The molecule has 0 fully saturated rings. The zero-order valence-corrected chi connectivity index (χ0v) is 28.8. The highest BCUT2D eigenvalue weighted by atomic mass is 16.5. The average Bonchev–Trinajstić information content (AvgIpc) is 3.41. The Morgan fingerprint density at radius 3 is 1.47 bits per heavy atom. The minimum atomic E-state index is 0.0146. The smallest absolute Gasteiger partial charge is 0.266 e. The second-order valence-electron chi connectivity index (χ2n) is 15.8. The summed E-state index contributed by atoms with van der Waals surface area (Å²) in [7, 11) is 0. The first-order valence-electron chi connectivity index (χ1n) is 17.3. The van der Waals surface area contributed by atoms with Crippen LogP contribution in [0.15, 0.2) is 115 Å². The molecule has 0 spiro atoms. The fraction of sp³-hybridized carbons (Fsp3) is 0.182. The molecule has 0 N–H and O–H groups in total. The average molecular weight is 637 g/mol. The Morgan fingerprint density at radius 2 is 0.980 bits per heavy atom. The van der Waals surface area contributed by atoms with Crippen molar-refractivity contribution in [3.8, 4) is 28.7 Å². The van der Waals surface area contributed by atoms with Crippen LogP contribution < -0.4 is 30.8 Å². The molecule has 10 rings (SSSR count). The molecular weight excluding hydrogens is 599 g/mol. The highest BCUT2D eigenvalue weighted by molar-refractivity contribution is 7.00. The lowest BCUT2D eigenvalue weighted by Gasteiger charge is -2.42. The molecule has 4 heterocycles. The molecule has 0 bridgehead atoms. The number of benzene rings is 6. The molecule has 1 aromatic heterocycles. The Kier molecular flexibility index (Phi) is 5.60. The van der Waals surface area contributed by atoms with Crippen molar-refractivity contribution in [3.63, 3.8) is 0 Å². The largest absolute Gasteiger partial charge is 0.458 e. The minimum Gasteiger partial charge on any atom is -0.458 e. The second kappa shape index (κ2) is 9.60. The second-order valence-corrected chi connectivity index (χ2v) is 15.8. The molecule has 5 heteroatoms. The van der Waals surface area contributed by atoms with Crippen LogP contribution in [-0.2, 0) is 10.8 Å². The maximum absolute atomic E-state index is 6.90. The van der Waals surface area contributed by atoms with Gasteiger partial charge < -0.3 is 18.9 Å². The van der Waals surface area contributed by atoms with E-state index in [0.29, 0.717) is 0 Å². The molecule has 0 saturated heterocycles. The summed E-state index contributed by atoms with van der Waals surface area (Å²) in [5.74, 6) is 3.49. The number of hydrogen-bond donors (Lipinski definition) is 0. The first kappa shape index (κ1) is 28.6. The van der Waals surface area contributed by atoms with Gasteiger partial charge in [-0.1, -0.05) is 84.0 Å². The van der Waals surface area contributed by atoms with Crippen LogP contribution in [-0.4, -0.2) is 11.3 Å². The van der Waals surface area contributed by atoms with E-state index in [1.165, 1.54) is 43.9 Å². The van der Waals surface area contributed by atoms with Crippen LogP contribution in [0.3, 0.4) is 0 Å². The molecule has 0 saturated carbocycles. The normalized spacial score (nSPS) is 14.2. The topological polar surface area (TPSA) is 26.6 Å². The van der Waals surface area contributed by atoms with Gasteiger partial charge in [0, 0.05) is 45.4 Å². The molecule has 6 aromatic carbocycles. The number of anilines is 3. The van der Waals surface area contributed by atoms with Crippen molar-refractivity contribution in [3.05, 3.63) is 126 Å². The molecule has 3 aliphatic heterocycles. The Hall–Kier alpha value is -5.42. The van der Waals surface area contributed by atoms with Gasteiger partial charge in [-0.2, -0.15) is 0 Å². The van der Waals surface area contributed by atoms with Crippen LogP contribution in [0.4, 0.5) is 17.1 Å². The van der Waals surface area contributed by atoms with E-state index < -0.39 is 0 Å². The lowest BCUT2D eigenvalue weighted by atomic mass is 9.33. The van der Waals surface area contributed by atoms with E-state index >= 15 is 0 Å². The summed E-state index contributed by atoms with van der Waals surface area (Å²) in [4.78, 5) is 2.35. The van der Waals surface area contributed by atoms with E-state index in [1.807, 2.05) is 0 Å². The maximum Gasteiger partial charge on any atom is 0.266 e.